The van der Waals surface area contributed by atoms with Gasteiger partial charge in [0.05, 0.1) is 39.1 Å². The fraction of sp³-hybridized carbons (Fsp3) is 0.754. The summed E-state index contributed by atoms with van der Waals surface area (Å²) in [5.41, 5.74) is 4.00. The van der Waals surface area contributed by atoms with E-state index in [9.17, 15) is 19.0 Å². The number of azo groups is 1. The number of carbonyl (C=O) groups is 2. The lowest BCUT2D eigenvalue weighted by Gasteiger charge is -2.30. The first kappa shape index (κ1) is 63.8. The van der Waals surface area contributed by atoms with Crippen molar-refractivity contribution in [3.05, 3.63) is 48.5 Å². The van der Waals surface area contributed by atoms with Crippen molar-refractivity contribution in [2.24, 2.45) is 10.2 Å². The van der Waals surface area contributed by atoms with E-state index in [2.05, 4.69) is 65.2 Å². The number of ether oxygens (including phenoxy) is 2. The number of unbranched alkanes of at least 4 members (excludes halogenated alkanes) is 22. The molecule has 0 spiro atoms. The maximum atomic E-state index is 12.9. The van der Waals surface area contributed by atoms with Gasteiger partial charge in [-0.05, 0) is 74.2 Å². The van der Waals surface area contributed by atoms with E-state index < -0.39 is 32.5 Å². The molecule has 0 amide bonds. The maximum Gasteiger partial charge on any atom is 0.306 e. The number of anilines is 2. The van der Waals surface area contributed by atoms with Crippen molar-refractivity contribution in [3.63, 3.8) is 0 Å². The zero-order chi connectivity index (χ0) is 52.0. The van der Waals surface area contributed by atoms with Crippen molar-refractivity contribution in [2.45, 2.75) is 212 Å². The number of hydrogen-bond donors (Lipinski definition) is 0. The van der Waals surface area contributed by atoms with Crippen LogP contribution in [0.1, 0.15) is 200 Å². The number of rotatable bonds is 45. The van der Waals surface area contributed by atoms with Gasteiger partial charge in [0.15, 0.2) is 6.10 Å². The summed E-state index contributed by atoms with van der Waals surface area (Å²) in [7, 11) is 7.41. The van der Waals surface area contributed by atoms with E-state index in [1.165, 1.54) is 121 Å². The van der Waals surface area contributed by atoms with Crippen LogP contribution in [0.2, 0.25) is 0 Å². The van der Waals surface area contributed by atoms with Crippen LogP contribution < -0.4 is 14.7 Å². The first-order valence-corrected chi connectivity index (χ1v) is 29.4. The molecule has 0 fully saturated rings. The highest BCUT2D eigenvalue weighted by Gasteiger charge is 2.22. The molecule has 0 heterocycles. The van der Waals surface area contributed by atoms with Crippen LogP contribution in [-0.4, -0.2) is 97.2 Å². The van der Waals surface area contributed by atoms with Gasteiger partial charge in [-0.3, -0.25) is 14.2 Å². The molecule has 2 aromatic carbocycles. The summed E-state index contributed by atoms with van der Waals surface area (Å²) in [6.07, 6.45) is 31.0. The van der Waals surface area contributed by atoms with Gasteiger partial charge in [-0.25, -0.2) is 0 Å². The van der Waals surface area contributed by atoms with Gasteiger partial charge in [-0.15, -0.1) is 0 Å². The van der Waals surface area contributed by atoms with Gasteiger partial charge in [0.2, 0.25) is 0 Å². The van der Waals surface area contributed by atoms with Crippen LogP contribution in [-0.2, 0) is 32.7 Å². The average Bonchev–Trinajstić information content (AvgIpc) is 3.34. The number of hydrogen-bond acceptors (Lipinski definition) is 12. The van der Waals surface area contributed by atoms with E-state index in [-0.39, 0.29) is 26.1 Å². The number of esters is 2. The number of carbonyl (C=O) groups excluding carboxylic acids is 2. The SMILES string of the molecule is CCCCCCCCCCCCCCCC(=O)OC[C@H](COP(=O)([O-])OCC[N+](C)(C)C)OC(=O)CCCCCCCCCCC(CCCCCC)N(C)c1ccc(N=Nc2ccc(N(C)C)cc2)cc1. The molecule has 71 heavy (non-hydrogen) atoms. The summed E-state index contributed by atoms with van der Waals surface area (Å²) in [6.45, 7) is 4.18. The number of phosphoric ester groups is 1. The molecular formula is C57H100N5O8P. The summed E-state index contributed by atoms with van der Waals surface area (Å²) in [5.74, 6) is -0.854. The van der Waals surface area contributed by atoms with Crippen molar-refractivity contribution < 1.29 is 42.1 Å². The summed E-state index contributed by atoms with van der Waals surface area (Å²) in [4.78, 5) is 42.6. The van der Waals surface area contributed by atoms with Crippen LogP contribution >= 0.6 is 7.82 Å². The summed E-state index contributed by atoms with van der Waals surface area (Å²) < 4.78 is 34.3. The minimum Gasteiger partial charge on any atom is -0.756 e. The van der Waals surface area contributed by atoms with Crippen LogP contribution in [0.3, 0.4) is 0 Å². The lowest BCUT2D eigenvalue weighted by molar-refractivity contribution is -0.870. The minimum absolute atomic E-state index is 0.0413. The molecule has 0 N–H and O–H groups in total. The Bertz CT molecular complexity index is 1720. The Hall–Kier alpha value is -3.35. The topological polar surface area (TPSA) is 142 Å². The maximum absolute atomic E-state index is 12.9. The Kier molecular flexibility index (Phi) is 35.2. The number of phosphoric acid groups is 1. The zero-order valence-electron chi connectivity index (χ0n) is 46.1. The van der Waals surface area contributed by atoms with Crippen LogP contribution in [0.15, 0.2) is 58.8 Å². The number of benzene rings is 2. The Labute approximate surface area is 432 Å². The van der Waals surface area contributed by atoms with Crippen molar-refractivity contribution in [3.8, 4) is 0 Å². The zero-order valence-corrected chi connectivity index (χ0v) is 47.0. The van der Waals surface area contributed by atoms with E-state index >= 15 is 0 Å². The second kappa shape index (κ2) is 39.2. The fourth-order valence-corrected chi connectivity index (χ4v) is 9.22. The molecule has 3 atom stereocenters. The van der Waals surface area contributed by atoms with E-state index in [0.29, 0.717) is 23.5 Å². The van der Waals surface area contributed by atoms with Crippen molar-refractivity contribution in [1.82, 2.24) is 0 Å². The molecule has 2 rings (SSSR count). The van der Waals surface area contributed by atoms with Gasteiger partial charge in [-0.2, -0.15) is 10.2 Å². The van der Waals surface area contributed by atoms with E-state index in [1.54, 1.807) is 0 Å². The molecule has 0 aliphatic heterocycles. The number of nitrogens with zero attached hydrogens (tertiary/aromatic N) is 5. The Balaban J connectivity index is 1.72. The lowest BCUT2D eigenvalue weighted by atomic mass is 9.98. The third kappa shape index (κ3) is 33.9. The van der Waals surface area contributed by atoms with E-state index in [4.69, 9.17) is 18.5 Å². The smallest absolute Gasteiger partial charge is 0.306 e. The van der Waals surface area contributed by atoms with Gasteiger partial charge in [-0.1, -0.05) is 162 Å². The molecule has 0 aliphatic rings. The highest BCUT2D eigenvalue weighted by atomic mass is 31.2. The van der Waals surface area contributed by atoms with Gasteiger partial charge in [0, 0.05) is 51.4 Å². The quantitative estimate of drug-likeness (QED) is 0.0207. The molecule has 13 nitrogen and oxygen atoms in total. The summed E-state index contributed by atoms with van der Waals surface area (Å²) in [5, 5.41) is 8.92. The van der Waals surface area contributed by atoms with Gasteiger partial charge >= 0.3 is 11.9 Å². The van der Waals surface area contributed by atoms with Gasteiger partial charge < -0.3 is 37.7 Å². The van der Waals surface area contributed by atoms with Crippen LogP contribution in [0.4, 0.5) is 22.7 Å². The molecule has 2 unspecified atom stereocenters. The van der Waals surface area contributed by atoms with Crippen molar-refractivity contribution >= 4 is 42.5 Å². The highest BCUT2D eigenvalue weighted by Crippen LogP contribution is 2.38. The van der Waals surface area contributed by atoms with Gasteiger partial charge in [0.1, 0.15) is 19.8 Å². The lowest BCUT2D eigenvalue weighted by Crippen LogP contribution is -2.37. The fourth-order valence-electron chi connectivity index (χ4n) is 8.49. The molecule has 2 aromatic rings. The number of quaternary nitrogens is 1. The summed E-state index contributed by atoms with van der Waals surface area (Å²) in [6, 6.07) is 17.0. The standard InChI is InChI=1S/C57H100N5O8P/c1-9-11-13-15-16-17-18-19-20-21-25-28-32-36-56(63)67-48-55(49-69-71(65,66)68-47-46-62(6,7)8)70-57(64)37-33-29-26-23-22-24-27-31-35-53(34-30-14-12-10-2)61(5)54-44-40-51(41-45-54)59-58-50-38-42-52(43-39-50)60(3)4/h38-45,53,55H,9-37,46-49H2,1-8H3/t53?,55-/m1/s1. The third-order valence-corrected chi connectivity index (χ3v) is 14.1. The second-order valence-corrected chi connectivity index (χ2v) is 22.4. The molecule has 406 valence electrons. The normalized spacial score (nSPS) is 13.5. The van der Waals surface area contributed by atoms with Crippen molar-refractivity contribution in [2.75, 3.05) is 78.5 Å². The largest absolute Gasteiger partial charge is 0.756 e. The minimum atomic E-state index is -4.66. The average molecular weight is 1010 g/mol. The predicted octanol–water partition coefficient (Wildman–Crippen LogP) is 15.0. The monoisotopic (exact) mass is 1010 g/mol. The van der Waals surface area contributed by atoms with Crippen LogP contribution in [0.25, 0.3) is 0 Å². The Morgan fingerprint density at radius 1 is 0.563 bits per heavy atom. The van der Waals surface area contributed by atoms with Crippen molar-refractivity contribution in [1.29, 1.82) is 0 Å². The Morgan fingerprint density at radius 2 is 0.972 bits per heavy atom. The van der Waals surface area contributed by atoms with Crippen LogP contribution in [0.5, 0.6) is 0 Å². The van der Waals surface area contributed by atoms with Crippen LogP contribution in [0, 0.1) is 0 Å². The van der Waals surface area contributed by atoms with E-state index in [0.717, 1.165) is 68.4 Å². The molecule has 0 saturated carbocycles. The third-order valence-electron chi connectivity index (χ3n) is 13.2. The summed E-state index contributed by atoms with van der Waals surface area (Å²) >= 11 is 0. The first-order valence-electron chi connectivity index (χ1n) is 27.9. The molecule has 0 saturated heterocycles. The molecule has 0 aliphatic carbocycles. The highest BCUT2D eigenvalue weighted by molar-refractivity contribution is 7.45. The molecule has 14 heteroatoms. The predicted molar refractivity (Wildman–Crippen MR) is 292 cm³/mol. The molecule has 0 bridgehead atoms. The van der Waals surface area contributed by atoms with E-state index in [1.807, 2.05) is 59.5 Å². The molecule has 0 aromatic heterocycles. The molecule has 0 radical (unpaired) electrons. The second-order valence-electron chi connectivity index (χ2n) is 21.0. The number of likely N-dealkylation sites (N-methyl/N-ethyl adjacent to an activating group) is 1. The first-order chi connectivity index (χ1) is 34.1. The Morgan fingerprint density at radius 3 is 1.42 bits per heavy atom. The van der Waals surface area contributed by atoms with Gasteiger partial charge in [0.25, 0.3) is 7.82 Å². The molecular weight excluding hydrogens is 914 g/mol.